The molecular formula is C30H25N7. The molecule has 1 aliphatic heterocycles. The van der Waals surface area contributed by atoms with Crippen molar-refractivity contribution in [3.05, 3.63) is 138 Å². The van der Waals surface area contributed by atoms with Crippen LogP contribution in [0.1, 0.15) is 34.6 Å². The lowest BCUT2D eigenvalue weighted by molar-refractivity contribution is 0.411. The molecule has 37 heavy (non-hydrogen) atoms. The molecule has 0 spiro atoms. The number of hydrogen-bond acceptors (Lipinski definition) is 6. The van der Waals surface area contributed by atoms with Gasteiger partial charge in [0.1, 0.15) is 24.0 Å². The number of nitrogens with two attached hydrogens (primary N) is 1. The van der Waals surface area contributed by atoms with Gasteiger partial charge in [-0.3, -0.25) is 5.32 Å². The number of fused-ring (bicyclic) bond motifs is 1. The van der Waals surface area contributed by atoms with Crippen LogP contribution in [0.25, 0.3) is 10.8 Å². The van der Waals surface area contributed by atoms with Gasteiger partial charge >= 0.3 is 0 Å². The molecule has 0 saturated heterocycles. The van der Waals surface area contributed by atoms with Crippen molar-refractivity contribution in [1.29, 1.82) is 0 Å². The predicted octanol–water partition coefficient (Wildman–Crippen LogP) is 5.00. The molecule has 0 aliphatic carbocycles. The summed E-state index contributed by atoms with van der Waals surface area (Å²) in [7, 11) is 0. The molecule has 7 nitrogen and oxygen atoms in total. The number of nitrogens with one attached hydrogen (secondary N) is 2. The zero-order valence-electron chi connectivity index (χ0n) is 20.0. The SMILES string of the molecule is NC(=Nc1ncccn1)c1ccc(C2NC(c3ccccc3)=NC(c3ccccc3)N2)c2ccccc12. The van der Waals surface area contributed by atoms with Crippen molar-refractivity contribution in [1.82, 2.24) is 20.6 Å². The second-order valence-electron chi connectivity index (χ2n) is 8.69. The van der Waals surface area contributed by atoms with Crippen LogP contribution in [0.4, 0.5) is 5.95 Å². The van der Waals surface area contributed by atoms with E-state index in [4.69, 9.17) is 10.7 Å². The fraction of sp³-hybridized carbons (Fsp3) is 0.0667. The molecule has 0 fully saturated rings. The van der Waals surface area contributed by atoms with Crippen LogP contribution in [0.15, 0.2) is 126 Å². The standard InChI is InChI=1S/C30H25N7/c31-26(34-30-32-18-9-19-33-30)24-16-17-25(23-15-8-7-14-22(23)24)29-36-27(20-10-3-1-4-11-20)35-28(37-29)21-12-5-2-6-13-21/h1-19,27,29,36H,(H,35,37)(H2,31,32,33,34). The van der Waals surface area contributed by atoms with Crippen LogP contribution in [0.2, 0.25) is 0 Å². The summed E-state index contributed by atoms with van der Waals surface area (Å²) in [6.45, 7) is 0. The third-order valence-electron chi connectivity index (χ3n) is 6.34. The van der Waals surface area contributed by atoms with E-state index in [1.54, 1.807) is 18.5 Å². The Bertz CT molecular complexity index is 1580. The smallest absolute Gasteiger partial charge is 0.251 e. The van der Waals surface area contributed by atoms with Crippen molar-refractivity contribution in [3.63, 3.8) is 0 Å². The first-order valence-electron chi connectivity index (χ1n) is 12.1. The number of aromatic nitrogens is 2. The average Bonchev–Trinajstić information content (AvgIpc) is 2.98. The first-order chi connectivity index (χ1) is 18.3. The number of nitrogens with zero attached hydrogens (tertiary/aromatic N) is 4. The van der Waals surface area contributed by atoms with Gasteiger partial charge in [-0.1, -0.05) is 97.1 Å². The van der Waals surface area contributed by atoms with E-state index in [9.17, 15) is 0 Å². The molecule has 0 radical (unpaired) electrons. The van der Waals surface area contributed by atoms with Gasteiger partial charge in [0, 0.05) is 23.5 Å². The Labute approximate surface area is 214 Å². The number of aliphatic imine (C=N–C) groups is 2. The lowest BCUT2D eigenvalue weighted by atomic mass is 9.96. The summed E-state index contributed by atoms with van der Waals surface area (Å²) in [5.41, 5.74) is 10.5. The molecule has 1 aromatic heterocycles. The van der Waals surface area contributed by atoms with Gasteiger partial charge in [0.2, 0.25) is 0 Å². The van der Waals surface area contributed by atoms with E-state index in [0.717, 1.165) is 38.9 Å². The quantitative estimate of drug-likeness (QED) is 0.241. The summed E-state index contributed by atoms with van der Waals surface area (Å²) in [5.74, 6) is 1.54. The fourth-order valence-corrected chi connectivity index (χ4v) is 4.58. The summed E-state index contributed by atoms with van der Waals surface area (Å²) >= 11 is 0. The van der Waals surface area contributed by atoms with Crippen LogP contribution < -0.4 is 16.4 Å². The van der Waals surface area contributed by atoms with Crippen molar-refractivity contribution >= 4 is 28.4 Å². The molecule has 0 bridgehead atoms. The van der Waals surface area contributed by atoms with Crippen LogP contribution in [-0.4, -0.2) is 21.6 Å². The van der Waals surface area contributed by atoms with E-state index in [0.29, 0.717) is 11.8 Å². The summed E-state index contributed by atoms with van der Waals surface area (Å²) in [5, 5.41) is 9.38. The average molecular weight is 484 g/mol. The Balaban J connectivity index is 1.43. The highest BCUT2D eigenvalue weighted by atomic mass is 15.3. The Hall–Kier alpha value is -4.88. The Morgan fingerprint density at radius 3 is 2.16 bits per heavy atom. The number of hydrogen-bond donors (Lipinski definition) is 3. The first-order valence-corrected chi connectivity index (χ1v) is 12.1. The first kappa shape index (κ1) is 22.6. The molecule has 0 amide bonds. The highest BCUT2D eigenvalue weighted by Crippen LogP contribution is 2.31. The highest BCUT2D eigenvalue weighted by Gasteiger charge is 2.27. The lowest BCUT2D eigenvalue weighted by Gasteiger charge is -2.33. The second kappa shape index (κ2) is 10.0. The van der Waals surface area contributed by atoms with Crippen molar-refractivity contribution in [2.24, 2.45) is 15.7 Å². The minimum absolute atomic E-state index is 0.188. The van der Waals surface area contributed by atoms with Gasteiger partial charge in [0.15, 0.2) is 0 Å². The largest absolute Gasteiger partial charge is 0.383 e. The van der Waals surface area contributed by atoms with E-state index < -0.39 is 0 Å². The van der Waals surface area contributed by atoms with Gasteiger partial charge in [-0.15, -0.1) is 0 Å². The molecule has 2 atom stereocenters. The van der Waals surface area contributed by atoms with Crippen LogP contribution >= 0.6 is 0 Å². The molecule has 7 heteroatoms. The number of benzene rings is 4. The molecule has 180 valence electrons. The van der Waals surface area contributed by atoms with Crippen LogP contribution in [-0.2, 0) is 0 Å². The van der Waals surface area contributed by atoms with Gasteiger partial charge in [0.05, 0.1) is 0 Å². The summed E-state index contributed by atoms with van der Waals surface area (Å²) in [6.07, 6.45) is 2.90. The molecule has 5 aromatic rings. The summed E-state index contributed by atoms with van der Waals surface area (Å²) < 4.78 is 0. The van der Waals surface area contributed by atoms with Crippen LogP contribution in [0, 0.1) is 0 Å². The minimum atomic E-state index is -0.206. The van der Waals surface area contributed by atoms with Gasteiger partial charge < -0.3 is 11.1 Å². The second-order valence-corrected chi connectivity index (χ2v) is 8.69. The molecule has 2 unspecified atom stereocenters. The van der Waals surface area contributed by atoms with Gasteiger partial charge in [-0.05, 0) is 28.0 Å². The monoisotopic (exact) mass is 483 g/mol. The third-order valence-corrected chi connectivity index (χ3v) is 6.34. The van der Waals surface area contributed by atoms with Gasteiger partial charge in [0.25, 0.3) is 5.95 Å². The van der Waals surface area contributed by atoms with Crippen molar-refractivity contribution in [2.75, 3.05) is 0 Å². The maximum atomic E-state index is 6.44. The molecule has 6 rings (SSSR count). The Morgan fingerprint density at radius 1 is 0.730 bits per heavy atom. The Morgan fingerprint density at radius 2 is 1.41 bits per heavy atom. The molecule has 4 aromatic carbocycles. The van der Waals surface area contributed by atoms with Crippen molar-refractivity contribution < 1.29 is 0 Å². The molecule has 4 N–H and O–H groups in total. The molecule has 1 aliphatic rings. The Kier molecular flexibility index (Phi) is 6.10. The van der Waals surface area contributed by atoms with Crippen LogP contribution in [0.5, 0.6) is 0 Å². The minimum Gasteiger partial charge on any atom is -0.383 e. The van der Waals surface area contributed by atoms with Gasteiger partial charge in [-0.2, -0.15) is 4.99 Å². The number of amidine groups is 2. The molecule has 2 heterocycles. The van der Waals surface area contributed by atoms with Crippen molar-refractivity contribution in [2.45, 2.75) is 12.3 Å². The lowest BCUT2D eigenvalue weighted by Crippen LogP contribution is -2.45. The normalized spacial score (nSPS) is 17.7. The van der Waals surface area contributed by atoms with E-state index in [1.807, 2.05) is 54.6 Å². The van der Waals surface area contributed by atoms with Gasteiger partial charge in [-0.25, -0.2) is 15.0 Å². The maximum Gasteiger partial charge on any atom is 0.251 e. The zero-order valence-corrected chi connectivity index (χ0v) is 20.0. The summed E-state index contributed by atoms with van der Waals surface area (Å²) in [4.78, 5) is 17.8. The topological polar surface area (TPSA) is 101 Å². The van der Waals surface area contributed by atoms with Crippen molar-refractivity contribution in [3.8, 4) is 0 Å². The summed E-state index contributed by atoms with van der Waals surface area (Å²) in [6, 6.07) is 34.5. The van der Waals surface area contributed by atoms with Crippen LogP contribution in [0.3, 0.4) is 0 Å². The van der Waals surface area contributed by atoms with E-state index in [1.165, 1.54) is 0 Å². The maximum absolute atomic E-state index is 6.44. The van der Waals surface area contributed by atoms with E-state index in [2.05, 4.69) is 68.1 Å². The predicted molar refractivity (Wildman–Crippen MR) is 148 cm³/mol. The third kappa shape index (κ3) is 4.68. The fourth-order valence-electron chi connectivity index (χ4n) is 4.58. The van der Waals surface area contributed by atoms with E-state index in [-0.39, 0.29) is 12.3 Å². The number of rotatable bonds is 5. The molecular weight excluding hydrogens is 458 g/mol. The van der Waals surface area contributed by atoms with E-state index >= 15 is 0 Å². The highest BCUT2D eigenvalue weighted by molar-refractivity contribution is 6.10. The molecule has 0 saturated carbocycles. The zero-order chi connectivity index (χ0) is 25.0.